The summed E-state index contributed by atoms with van der Waals surface area (Å²) in [5.74, 6) is -0.390. The fourth-order valence-corrected chi connectivity index (χ4v) is 3.78. The van der Waals surface area contributed by atoms with Crippen LogP contribution in [0.1, 0.15) is 34.1 Å². The molecule has 31 heavy (non-hydrogen) atoms. The number of ether oxygens (including phenoxy) is 2. The first-order chi connectivity index (χ1) is 15.1. The lowest BCUT2D eigenvalue weighted by Crippen LogP contribution is -2.09. The molecule has 0 aliphatic heterocycles. The molecule has 0 amide bonds. The Hall–Kier alpha value is -4.05. The van der Waals surface area contributed by atoms with Gasteiger partial charge in [-0.2, -0.15) is 10.2 Å². The van der Waals surface area contributed by atoms with Gasteiger partial charge in [-0.1, -0.05) is 30.3 Å². The SMILES string of the molecule is CCOC(=O)c1cccc2nc(OC)n(Cc3ccc(-c4c(C)c[nH]c4C#N)cc3)c12. The monoisotopic (exact) mass is 414 g/mol. The van der Waals surface area contributed by atoms with Crippen molar-refractivity contribution in [3.63, 3.8) is 0 Å². The van der Waals surface area contributed by atoms with E-state index in [-0.39, 0.29) is 5.97 Å². The molecule has 0 saturated carbocycles. The number of carbonyl (C=O) groups excluding carboxylic acids is 1. The summed E-state index contributed by atoms with van der Waals surface area (Å²) in [5, 5.41) is 9.34. The molecule has 7 heteroatoms. The molecule has 1 N–H and O–H groups in total. The third-order valence-corrected chi connectivity index (χ3v) is 5.18. The van der Waals surface area contributed by atoms with Crippen LogP contribution in [0.3, 0.4) is 0 Å². The van der Waals surface area contributed by atoms with Crippen LogP contribution in [0.2, 0.25) is 0 Å². The predicted molar refractivity (Wildman–Crippen MR) is 117 cm³/mol. The van der Waals surface area contributed by atoms with Crippen LogP contribution < -0.4 is 4.74 Å². The summed E-state index contributed by atoms with van der Waals surface area (Å²) < 4.78 is 12.6. The van der Waals surface area contributed by atoms with Gasteiger partial charge in [0, 0.05) is 11.8 Å². The summed E-state index contributed by atoms with van der Waals surface area (Å²) in [6, 6.07) is 16.0. The molecular formula is C24H22N4O3. The highest BCUT2D eigenvalue weighted by molar-refractivity contribution is 6.02. The van der Waals surface area contributed by atoms with Crippen molar-refractivity contribution in [1.29, 1.82) is 5.26 Å². The number of esters is 1. The lowest BCUT2D eigenvalue weighted by molar-refractivity contribution is 0.0528. The molecule has 0 aliphatic rings. The van der Waals surface area contributed by atoms with Gasteiger partial charge >= 0.3 is 5.97 Å². The minimum absolute atomic E-state index is 0.297. The van der Waals surface area contributed by atoms with Crippen LogP contribution in [0, 0.1) is 18.3 Å². The number of hydrogen-bond acceptors (Lipinski definition) is 5. The highest BCUT2D eigenvalue weighted by atomic mass is 16.5. The Kier molecular flexibility index (Phi) is 5.46. The van der Waals surface area contributed by atoms with Crippen LogP contribution in [0.4, 0.5) is 0 Å². The van der Waals surface area contributed by atoms with E-state index in [1.165, 1.54) is 0 Å². The first kappa shape index (κ1) is 20.2. The van der Waals surface area contributed by atoms with E-state index < -0.39 is 0 Å². The third kappa shape index (κ3) is 3.64. The summed E-state index contributed by atoms with van der Waals surface area (Å²) in [7, 11) is 1.56. The lowest BCUT2D eigenvalue weighted by Gasteiger charge is -2.11. The molecule has 156 valence electrons. The molecule has 0 atom stereocenters. The number of aryl methyl sites for hydroxylation is 1. The first-order valence-electron chi connectivity index (χ1n) is 9.95. The smallest absolute Gasteiger partial charge is 0.340 e. The standard InChI is InChI=1S/C24H22N4O3/c1-4-31-23(29)18-6-5-7-19-22(18)28(24(27-19)30-3)14-16-8-10-17(11-9-16)21-15(2)13-26-20(21)12-25/h5-11,13,26H,4,14H2,1-3H3. The van der Waals surface area contributed by atoms with Crippen LogP contribution in [0.25, 0.3) is 22.2 Å². The summed E-state index contributed by atoms with van der Waals surface area (Å²) in [6.07, 6.45) is 1.83. The topological polar surface area (TPSA) is 92.9 Å². The van der Waals surface area contributed by atoms with E-state index in [1.807, 2.05) is 48.0 Å². The molecular weight excluding hydrogens is 392 g/mol. The van der Waals surface area contributed by atoms with Gasteiger partial charge in [0.2, 0.25) is 0 Å². The Morgan fingerprint density at radius 1 is 1.23 bits per heavy atom. The summed E-state index contributed by atoms with van der Waals surface area (Å²) in [4.78, 5) is 20.0. The number of hydrogen-bond donors (Lipinski definition) is 1. The fraction of sp³-hybridized carbons (Fsp3) is 0.208. The Bertz CT molecular complexity index is 1290. The fourth-order valence-electron chi connectivity index (χ4n) is 3.78. The zero-order valence-electron chi connectivity index (χ0n) is 17.6. The van der Waals surface area contributed by atoms with Crippen molar-refractivity contribution in [2.75, 3.05) is 13.7 Å². The first-order valence-corrected chi connectivity index (χ1v) is 9.95. The van der Waals surface area contributed by atoms with Crippen molar-refractivity contribution in [2.24, 2.45) is 0 Å². The van der Waals surface area contributed by atoms with Crippen molar-refractivity contribution >= 4 is 17.0 Å². The summed E-state index contributed by atoms with van der Waals surface area (Å²) in [6.45, 7) is 4.51. The number of fused-ring (bicyclic) bond motifs is 1. The highest BCUT2D eigenvalue weighted by Gasteiger charge is 2.20. The van der Waals surface area contributed by atoms with Crippen LogP contribution in [0.5, 0.6) is 6.01 Å². The molecule has 0 bridgehead atoms. The molecule has 7 nitrogen and oxygen atoms in total. The van der Waals surface area contributed by atoms with E-state index in [9.17, 15) is 10.1 Å². The van der Waals surface area contributed by atoms with E-state index in [4.69, 9.17) is 9.47 Å². The number of nitrogens with one attached hydrogen (secondary N) is 1. The summed E-state index contributed by atoms with van der Waals surface area (Å²) in [5.41, 5.74) is 6.24. The van der Waals surface area contributed by atoms with E-state index in [0.29, 0.717) is 41.5 Å². The molecule has 4 aromatic rings. The molecule has 0 saturated heterocycles. The number of rotatable bonds is 6. The molecule has 0 spiro atoms. The zero-order chi connectivity index (χ0) is 22.0. The maximum absolute atomic E-state index is 12.5. The third-order valence-electron chi connectivity index (χ3n) is 5.18. The largest absolute Gasteiger partial charge is 0.468 e. The minimum atomic E-state index is -0.390. The Balaban J connectivity index is 1.74. The van der Waals surface area contributed by atoms with Crippen LogP contribution in [-0.2, 0) is 11.3 Å². The van der Waals surface area contributed by atoms with Crippen LogP contribution in [0.15, 0.2) is 48.7 Å². The highest BCUT2D eigenvalue weighted by Crippen LogP contribution is 2.29. The number of benzene rings is 2. The van der Waals surface area contributed by atoms with E-state index in [1.54, 1.807) is 26.2 Å². The molecule has 2 aromatic carbocycles. The molecule has 0 unspecified atom stereocenters. The Morgan fingerprint density at radius 2 is 2.00 bits per heavy atom. The normalized spacial score (nSPS) is 10.8. The molecule has 0 fully saturated rings. The van der Waals surface area contributed by atoms with E-state index >= 15 is 0 Å². The van der Waals surface area contributed by atoms with Crippen LogP contribution >= 0.6 is 0 Å². The zero-order valence-corrected chi connectivity index (χ0v) is 17.6. The average Bonchev–Trinajstić information content (AvgIpc) is 3.34. The van der Waals surface area contributed by atoms with Gasteiger partial charge in [0.1, 0.15) is 11.8 Å². The van der Waals surface area contributed by atoms with Gasteiger partial charge < -0.3 is 14.5 Å². The van der Waals surface area contributed by atoms with Crippen molar-refractivity contribution in [3.05, 3.63) is 71.0 Å². The molecule has 4 rings (SSSR count). The average molecular weight is 414 g/mol. The van der Waals surface area contributed by atoms with Crippen molar-refractivity contribution in [2.45, 2.75) is 20.4 Å². The number of aromatic amines is 1. The number of para-hydroxylation sites is 1. The number of aromatic nitrogens is 3. The van der Waals surface area contributed by atoms with Gasteiger partial charge in [-0.3, -0.25) is 4.57 Å². The molecule has 0 aliphatic carbocycles. The van der Waals surface area contributed by atoms with Crippen molar-refractivity contribution in [3.8, 4) is 23.2 Å². The Morgan fingerprint density at radius 3 is 2.68 bits per heavy atom. The van der Waals surface area contributed by atoms with Gasteiger partial charge in [0.15, 0.2) is 0 Å². The second kappa shape index (κ2) is 8.36. The second-order valence-corrected chi connectivity index (χ2v) is 7.11. The van der Waals surface area contributed by atoms with Gasteiger partial charge in [0.05, 0.1) is 36.9 Å². The molecule has 0 radical (unpaired) electrons. The van der Waals surface area contributed by atoms with Gasteiger partial charge in [-0.25, -0.2) is 4.79 Å². The number of methoxy groups -OCH3 is 1. The number of H-pyrrole nitrogens is 1. The molecule has 2 heterocycles. The maximum Gasteiger partial charge on any atom is 0.340 e. The minimum Gasteiger partial charge on any atom is -0.468 e. The summed E-state index contributed by atoms with van der Waals surface area (Å²) >= 11 is 0. The van der Waals surface area contributed by atoms with Crippen molar-refractivity contribution in [1.82, 2.24) is 14.5 Å². The van der Waals surface area contributed by atoms with E-state index in [2.05, 4.69) is 16.0 Å². The quantitative estimate of drug-likeness (QED) is 0.471. The molecule has 2 aromatic heterocycles. The van der Waals surface area contributed by atoms with Crippen molar-refractivity contribution < 1.29 is 14.3 Å². The number of nitriles is 1. The lowest BCUT2D eigenvalue weighted by atomic mass is 10.0. The van der Waals surface area contributed by atoms with E-state index in [0.717, 1.165) is 22.3 Å². The van der Waals surface area contributed by atoms with Gasteiger partial charge in [-0.05, 0) is 42.7 Å². The number of imidazole rings is 1. The van der Waals surface area contributed by atoms with Gasteiger partial charge in [0.25, 0.3) is 6.01 Å². The van der Waals surface area contributed by atoms with Gasteiger partial charge in [-0.15, -0.1) is 0 Å². The second-order valence-electron chi connectivity index (χ2n) is 7.11. The predicted octanol–water partition coefficient (Wildman–Crippen LogP) is 4.45. The number of nitrogens with zero attached hydrogens (tertiary/aromatic N) is 3. The Labute approximate surface area is 179 Å². The maximum atomic E-state index is 12.5. The number of carbonyl (C=O) groups is 1. The van der Waals surface area contributed by atoms with Crippen LogP contribution in [-0.4, -0.2) is 34.2 Å².